The molecule has 0 aliphatic heterocycles. The van der Waals surface area contributed by atoms with E-state index >= 15 is 0 Å². The van der Waals surface area contributed by atoms with Crippen LogP contribution in [0.5, 0.6) is 0 Å². The third-order valence-corrected chi connectivity index (χ3v) is 9.45. The summed E-state index contributed by atoms with van der Waals surface area (Å²) in [5.41, 5.74) is 3.64. The molecule has 0 aliphatic rings. The lowest BCUT2D eigenvalue weighted by Crippen LogP contribution is -2.53. The minimum Gasteiger partial charge on any atom is -0.354 e. The van der Waals surface area contributed by atoms with Crippen molar-refractivity contribution in [1.82, 2.24) is 10.2 Å². The molecular weight excluding hydrogens is 606 g/mol. The predicted molar refractivity (Wildman–Crippen MR) is 181 cm³/mol. The van der Waals surface area contributed by atoms with E-state index in [1.54, 1.807) is 43.3 Å². The van der Waals surface area contributed by atoms with Gasteiger partial charge < -0.3 is 10.2 Å². The van der Waals surface area contributed by atoms with Gasteiger partial charge in [-0.05, 0) is 60.7 Å². The number of aryl methyl sites for hydroxylation is 2. The molecule has 1 unspecified atom stereocenters. The molecule has 0 aliphatic carbocycles. The minimum atomic E-state index is -4.20. The molecule has 4 rings (SSSR count). The molecule has 236 valence electrons. The normalized spacial score (nSPS) is 12.0. The van der Waals surface area contributed by atoms with Crippen LogP contribution in [0.3, 0.4) is 0 Å². The molecule has 0 saturated carbocycles. The summed E-state index contributed by atoms with van der Waals surface area (Å²) in [7, 11) is -4.20. The molecule has 1 atom stereocenters. The second-order valence-corrected chi connectivity index (χ2v) is 13.9. The summed E-state index contributed by atoms with van der Waals surface area (Å²) in [6.45, 7) is 7.75. The van der Waals surface area contributed by atoms with Crippen LogP contribution < -0.4 is 9.62 Å². The zero-order valence-corrected chi connectivity index (χ0v) is 27.7. The molecule has 0 saturated heterocycles. The lowest BCUT2D eigenvalue weighted by molar-refractivity contribution is -0.140. The number of carbonyl (C=O) groups excluding carboxylic acids is 2. The van der Waals surface area contributed by atoms with Gasteiger partial charge in [0.2, 0.25) is 11.8 Å². The quantitative estimate of drug-likeness (QED) is 0.178. The maximum Gasteiger partial charge on any atom is 0.264 e. The Balaban J connectivity index is 1.82. The van der Waals surface area contributed by atoms with Crippen molar-refractivity contribution in [2.75, 3.05) is 17.4 Å². The molecule has 0 heterocycles. The van der Waals surface area contributed by atoms with Gasteiger partial charge in [-0.2, -0.15) is 0 Å². The van der Waals surface area contributed by atoms with E-state index in [1.807, 2.05) is 75.4 Å². The molecule has 0 bridgehead atoms. The summed E-state index contributed by atoms with van der Waals surface area (Å²) in [4.78, 5) is 30.0. The van der Waals surface area contributed by atoms with Gasteiger partial charge in [0, 0.05) is 24.5 Å². The van der Waals surface area contributed by atoms with E-state index in [9.17, 15) is 18.0 Å². The van der Waals surface area contributed by atoms with Crippen molar-refractivity contribution in [3.63, 3.8) is 0 Å². The summed E-state index contributed by atoms with van der Waals surface area (Å²) < 4.78 is 29.4. The van der Waals surface area contributed by atoms with Gasteiger partial charge in [0.1, 0.15) is 12.6 Å². The first-order valence-electron chi connectivity index (χ1n) is 15.0. The molecular formula is C36H40ClN3O4S. The Hall–Kier alpha value is -4.14. The van der Waals surface area contributed by atoms with Gasteiger partial charge in [0.05, 0.1) is 10.6 Å². The smallest absolute Gasteiger partial charge is 0.264 e. The van der Waals surface area contributed by atoms with Gasteiger partial charge >= 0.3 is 0 Å². The van der Waals surface area contributed by atoms with Crippen molar-refractivity contribution in [3.05, 3.63) is 130 Å². The third kappa shape index (κ3) is 8.96. The number of rotatable bonds is 13. The van der Waals surface area contributed by atoms with Gasteiger partial charge in [-0.3, -0.25) is 13.9 Å². The minimum absolute atomic E-state index is 0.0397. The molecule has 7 nitrogen and oxygen atoms in total. The fourth-order valence-electron chi connectivity index (χ4n) is 5.07. The number of sulfonamides is 1. The van der Waals surface area contributed by atoms with Crippen molar-refractivity contribution < 1.29 is 18.0 Å². The first-order chi connectivity index (χ1) is 21.5. The fraction of sp³-hybridized carbons (Fsp3) is 0.278. The monoisotopic (exact) mass is 645 g/mol. The number of halogens is 1. The van der Waals surface area contributed by atoms with E-state index < -0.39 is 28.5 Å². The van der Waals surface area contributed by atoms with Crippen LogP contribution in [-0.4, -0.2) is 44.3 Å². The number of carbonyl (C=O) groups is 2. The number of hydrogen-bond donors (Lipinski definition) is 1. The lowest BCUT2D eigenvalue weighted by atomic mass is 10.0. The number of nitrogens with zero attached hydrogens (tertiary/aromatic N) is 2. The van der Waals surface area contributed by atoms with Crippen molar-refractivity contribution in [3.8, 4) is 0 Å². The highest BCUT2D eigenvalue weighted by Crippen LogP contribution is 2.30. The molecule has 0 fully saturated rings. The molecule has 4 aromatic carbocycles. The molecule has 9 heteroatoms. The highest BCUT2D eigenvalue weighted by molar-refractivity contribution is 7.92. The van der Waals surface area contributed by atoms with Crippen LogP contribution in [0.4, 0.5) is 5.69 Å². The zero-order valence-electron chi connectivity index (χ0n) is 26.1. The van der Waals surface area contributed by atoms with Gasteiger partial charge in [-0.1, -0.05) is 110 Å². The van der Waals surface area contributed by atoms with Crippen LogP contribution in [0.25, 0.3) is 0 Å². The van der Waals surface area contributed by atoms with Crippen molar-refractivity contribution in [1.29, 1.82) is 0 Å². The highest BCUT2D eigenvalue weighted by atomic mass is 35.5. The second kappa shape index (κ2) is 15.2. The number of benzene rings is 4. The van der Waals surface area contributed by atoms with Crippen molar-refractivity contribution in [2.45, 2.75) is 51.6 Å². The summed E-state index contributed by atoms with van der Waals surface area (Å²) >= 11 is 6.35. The molecule has 45 heavy (non-hydrogen) atoms. The number of anilines is 1. The number of nitrogens with one attached hydrogen (secondary N) is 1. The largest absolute Gasteiger partial charge is 0.354 e. The van der Waals surface area contributed by atoms with Crippen LogP contribution in [0.15, 0.2) is 108 Å². The van der Waals surface area contributed by atoms with Crippen molar-refractivity contribution >= 4 is 39.1 Å². The van der Waals surface area contributed by atoms with E-state index in [2.05, 4.69) is 5.32 Å². The Morgan fingerprint density at radius 3 is 2.11 bits per heavy atom. The van der Waals surface area contributed by atoms with Gasteiger partial charge in [-0.25, -0.2) is 8.42 Å². The Kier molecular flexibility index (Phi) is 11.4. The van der Waals surface area contributed by atoms with E-state index in [-0.39, 0.29) is 29.7 Å². The van der Waals surface area contributed by atoms with Crippen LogP contribution >= 0.6 is 11.6 Å². The Morgan fingerprint density at radius 1 is 0.822 bits per heavy atom. The van der Waals surface area contributed by atoms with Gasteiger partial charge in [0.15, 0.2) is 0 Å². The van der Waals surface area contributed by atoms with E-state index in [4.69, 9.17) is 11.6 Å². The van der Waals surface area contributed by atoms with Crippen LogP contribution in [-0.2, 0) is 32.6 Å². The first-order valence-corrected chi connectivity index (χ1v) is 16.8. The zero-order chi connectivity index (χ0) is 32.6. The molecule has 0 aromatic heterocycles. The second-order valence-electron chi connectivity index (χ2n) is 11.6. The Morgan fingerprint density at radius 2 is 1.47 bits per heavy atom. The predicted octanol–water partition coefficient (Wildman–Crippen LogP) is 6.56. The molecule has 0 radical (unpaired) electrons. The first kappa shape index (κ1) is 33.7. The van der Waals surface area contributed by atoms with Crippen LogP contribution in [0.1, 0.15) is 36.1 Å². The Bertz CT molecular complexity index is 1710. The number of hydrogen-bond acceptors (Lipinski definition) is 4. The lowest BCUT2D eigenvalue weighted by Gasteiger charge is -2.34. The number of amides is 2. The van der Waals surface area contributed by atoms with E-state index in [0.29, 0.717) is 22.8 Å². The molecule has 0 spiro atoms. The maximum absolute atomic E-state index is 14.6. The van der Waals surface area contributed by atoms with Gasteiger partial charge in [0.25, 0.3) is 10.0 Å². The highest BCUT2D eigenvalue weighted by Gasteiger charge is 2.35. The average Bonchev–Trinajstić information content (AvgIpc) is 3.02. The van der Waals surface area contributed by atoms with E-state index in [1.165, 1.54) is 17.0 Å². The summed E-state index contributed by atoms with van der Waals surface area (Å²) in [6.07, 6.45) is 0.254. The summed E-state index contributed by atoms with van der Waals surface area (Å²) in [6, 6.07) is 29.3. The molecule has 2 amide bonds. The van der Waals surface area contributed by atoms with Gasteiger partial charge in [-0.15, -0.1) is 0 Å². The Labute approximate surface area is 271 Å². The van der Waals surface area contributed by atoms with Crippen LogP contribution in [0, 0.1) is 19.8 Å². The molecule has 4 aromatic rings. The topological polar surface area (TPSA) is 86.8 Å². The SMILES string of the molecule is Cc1cccc(CN(C(=O)CN(c2cc(Cl)ccc2C)S(=O)(=O)c2ccccc2)C(Cc2ccccc2)C(=O)NCC(C)C)c1. The fourth-order valence-corrected chi connectivity index (χ4v) is 6.73. The standard InChI is InChI=1S/C36H40ClN3O4S/c1-26(2)23-38-36(42)34(21-29-13-7-5-8-14-29)39(24-30-15-11-12-27(3)20-30)35(41)25-40(33-22-31(37)19-18-28(33)4)45(43,44)32-16-9-6-10-17-32/h5-20,22,26,34H,21,23-25H2,1-4H3,(H,38,42). The molecule has 1 N–H and O–H groups in total. The maximum atomic E-state index is 14.6. The van der Waals surface area contributed by atoms with Crippen LogP contribution in [0.2, 0.25) is 5.02 Å². The van der Waals surface area contributed by atoms with Crippen molar-refractivity contribution in [2.24, 2.45) is 5.92 Å². The summed E-state index contributed by atoms with van der Waals surface area (Å²) in [5, 5.41) is 3.35. The third-order valence-electron chi connectivity index (χ3n) is 7.44. The average molecular weight is 646 g/mol. The van der Waals surface area contributed by atoms with E-state index in [0.717, 1.165) is 21.0 Å². The summed E-state index contributed by atoms with van der Waals surface area (Å²) in [5.74, 6) is -0.620.